The highest BCUT2D eigenvalue weighted by Crippen LogP contribution is 2.41. The minimum absolute atomic E-state index is 0.0677. The molecule has 1 aromatic carbocycles. The van der Waals surface area contributed by atoms with Crippen LogP contribution in [0.4, 0.5) is 0 Å². The second-order valence-corrected chi connectivity index (χ2v) is 6.78. The van der Waals surface area contributed by atoms with E-state index in [0.29, 0.717) is 22.8 Å². The summed E-state index contributed by atoms with van der Waals surface area (Å²) in [4.78, 5) is 25.6. The average molecular weight is 341 g/mol. The number of nitrogens with two attached hydrogens (primary N) is 1. The zero-order valence-electron chi connectivity index (χ0n) is 13.6. The third-order valence-electron chi connectivity index (χ3n) is 4.27. The molecule has 0 fully saturated rings. The molecular weight excluding hydrogens is 322 g/mol. The molecule has 0 saturated carbocycles. The van der Waals surface area contributed by atoms with Crippen LogP contribution in [-0.2, 0) is 16.1 Å². The predicted molar refractivity (Wildman–Crippen MR) is 94.0 cm³/mol. The summed E-state index contributed by atoms with van der Waals surface area (Å²) in [6.45, 7) is 3.72. The van der Waals surface area contributed by atoms with E-state index in [-0.39, 0.29) is 17.5 Å². The van der Waals surface area contributed by atoms with E-state index in [4.69, 9.17) is 10.5 Å². The molecule has 0 saturated heterocycles. The number of ketones is 2. The predicted octanol–water partition coefficient (Wildman–Crippen LogP) is 3.44. The quantitative estimate of drug-likeness (QED) is 0.846. The molecule has 0 bridgehead atoms. The van der Waals surface area contributed by atoms with E-state index >= 15 is 0 Å². The molecule has 2 N–H and O–H groups in total. The molecule has 1 aromatic heterocycles. The van der Waals surface area contributed by atoms with E-state index in [9.17, 15) is 9.59 Å². The van der Waals surface area contributed by atoms with Gasteiger partial charge >= 0.3 is 0 Å². The number of benzene rings is 1. The van der Waals surface area contributed by atoms with Crippen molar-refractivity contribution in [1.82, 2.24) is 0 Å². The van der Waals surface area contributed by atoms with Gasteiger partial charge in [-0.1, -0.05) is 30.3 Å². The zero-order chi connectivity index (χ0) is 17.3. The smallest absolute Gasteiger partial charge is 0.214 e. The number of hydrogen-bond donors (Lipinski definition) is 1. The number of ether oxygens (including phenoxy) is 1. The van der Waals surface area contributed by atoms with Crippen molar-refractivity contribution in [3.63, 3.8) is 0 Å². The molecule has 24 heavy (non-hydrogen) atoms. The molecule has 3 rings (SSSR count). The first-order valence-corrected chi connectivity index (χ1v) is 8.66. The van der Waals surface area contributed by atoms with Gasteiger partial charge in [-0.15, -0.1) is 11.3 Å². The number of Topliss-reactive ketones (excluding diaryl/α,β-unsaturated/α-hetero) is 2. The minimum Gasteiger partial charge on any atom is -0.485 e. The summed E-state index contributed by atoms with van der Waals surface area (Å²) in [5.74, 6) is -0.00962. The van der Waals surface area contributed by atoms with Gasteiger partial charge in [-0.2, -0.15) is 0 Å². The van der Waals surface area contributed by atoms with Crippen molar-refractivity contribution in [2.75, 3.05) is 0 Å². The fraction of sp³-hybridized carbons (Fsp3) is 0.263. The molecule has 2 atom stereocenters. The third-order valence-corrected chi connectivity index (χ3v) is 5.16. The van der Waals surface area contributed by atoms with Gasteiger partial charge in [0.2, 0.25) is 5.78 Å². The molecule has 0 spiro atoms. The summed E-state index contributed by atoms with van der Waals surface area (Å²) < 4.78 is 5.84. The first-order chi connectivity index (χ1) is 11.5. The molecule has 0 aliphatic carbocycles. The molecule has 1 aliphatic heterocycles. The van der Waals surface area contributed by atoms with E-state index in [0.717, 1.165) is 11.1 Å². The Morgan fingerprint density at radius 3 is 2.46 bits per heavy atom. The van der Waals surface area contributed by atoms with Crippen molar-refractivity contribution in [3.05, 3.63) is 69.1 Å². The maximum atomic E-state index is 12.9. The lowest BCUT2D eigenvalue weighted by atomic mass is 9.83. The Morgan fingerprint density at radius 1 is 1.21 bits per heavy atom. The van der Waals surface area contributed by atoms with Gasteiger partial charge in [0.25, 0.3) is 0 Å². The van der Waals surface area contributed by atoms with Gasteiger partial charge in [0.1, 0.15) is 5.76 Å². The zero-order valence-corrected chi connectivity index (χ0v) is 14.4. The maximum Gasteiger partial charge on any atom is 0.214 e. The third kappa shape index (κ3) is 2.92. The highest BCUT2D eigenvalue weighted by atomic mass is 32.1. The van der Waals surface area contributed by atoms with Gasteiger partial charge < -0.3 is 10.5 Å². The van der Waals surface area contributed by atoms with E-state index in [1.54, 1.807) is 13.0 Å². The van der Waals surface area contributed by atoms with Crippen LogP contribution in [0.5, 0.6) is 0 Å². The van der Waals surface area contributed by atoms with Crippen LogP contribution in [-0.4, -0.2) is 17.7 Å². The Labute approximate surface area is 144 Å². The van der Waals surface area contributed by atoms with Crippen molar-refractivity contribution >= 4 is 22.9 Å². The van der Waals surface area contributed by atoms with Crippen LogP contribution in [0.15, 0.2) is 53.1 Å². The topological polar surface area (TPSA) is 69.4 Å². The fourth-order valence-electron chi connectivity index (χ4n) is 3.13. The van der Waals surface area contributed by atoms with Gasteiger partial charge in [-0.05, 0) is 36.4 Å². The monoisotopic (exact) mass is 341 g/mol. The molecule has 2 heterocycles. The van der Waals surface area contributed by atoms with Gasteiger partial charge in [-0.3, -0.25) is 9.59 Å². The van der Waals surface area contributed by atoms with Crippen LogP contribution in [0.25, 0.3) is 0 Å². The van der Waals surface area contributed by atoms with Crippen LogP contribution < -0.4 is 5.73 Å². The summed E-state index contributed by atoms with van der Waals surface area (Å²) in [6, 6.07) is 11.3. The fourth-order valence-corrected chi connectivity index (χ4v) is 3.82. The summed E-state index contributed by atoms with van der Waals surface area (Å²) in [6.07, 6.45) is -0.703. The molecule has 1 aliphatic rings. The van der Waals surface area contributed by atoms with E-state index < -0.39 is 6.10 Å². The van der Waals surface area contributed by atoms with Gasteiger partial charge in [0, 0.05) is 12.1 Å². The SMILES string of the molecule is CC(=O)C1=C(C)O[C@@H](C(=O)c2cccs2)[C@@H]1c1ccc(CN)cc1. The van der Waals surface area contributed by atoms with Gasteiger partial charge in [0.15, 0.2) is 11.9 Å². The Bertz CT molecular complexity index is 791. The van der Waals surface area contributed by atoms with E-state index in [1.165, 1.54) is 18.3 Å². The second-order valence-electron chi connectivity index (χ2n) is 5.83. The normalized spacial score (nSPS) is 20.1. The van der Waals surface area contributed by atoms with Crippen LogP contribution in [0, 0.1) is 0 Å². The van der Waals surface area contributed by atoms with Gasteiger partial charge in [0.05, 0.1) is 10.8 Å². The van der Waals surface area contributed by atoms with Crippen LogP contribution in [0.2, 0.25) is 0 Å². The van der Waals surface area contributed by atoms with Crippen molar-refractivity contribution in [1.29, 1.82) is 0 Å². The molecule has 0 radical (unpaired) electrons. The summed E-state index contributed by atoms with van der Waals surface area (Å²) in [7, 11) is 0. The molecular formula is C19H19NO3S. The number of carbonyl (C=O) groups excluding carboxylic acids is 2. The lowest BCUT2D eigenvalue weighted by Gasteiger charge is -2.20. The van der Waals surface area contributed by atoms with Crippen molar-refractivity contribution in [2.24, 2.45) is 5.73 Å². The number of rotatable bonds is 5. The Kier molecular flexibility index (Phi) is 4.64. The maximum absolute atomic E-state index is 12.9. The van der Waals surface area contributed by atoms with Crippen LogP contribution in [0.1, 0.15) is 40.6 Å². The molecule has 0 amide bonds. The molecule has 5 heteroatoms. The average Bonchev–Trinajstić information content (AvgIpc) is 3.22. The largest absolute Gasteiger partial charge is 0.485 e. The Hall–Kier alpha value is -2.24. The van der Waals surface area contributed by atoms with Gasteiger partial charge in [-0.25, -0.2) is 0 Å². The number of allylic oxidation sites excluding steroid dienone is 1. The van der Waals surface area contributed by atoms with Crippen molar-refractivity contribution in [2.45, 2.75) is 32.4 Å². The molecule has 4 nitrogen and oxygen atoms in total. The Morgan fingerprint density at radius 2 is 1.92 bits per heavy atom. The summed E-state index contributed by atoms with van der Waals surface area (Å²) in [5, 5.41) is 1.86. The van der Waals surface area contributed by atoms with Crippen LogP contribution >= 0.6 is 11.3 Å². The number of carbonyl (C=O) groups is 2. The van der Waals surface area contributed by atoms with Crippen molar-refractivity contribution in [3.8, 4) is 0 Å². The Balaban J connectivity index is 2.03. The summed E-state index contributed by atoms with van der Waals surface area (Å²) in [5.41, 5.74) is 8.12. The second kappa shape index (κ2) is 6.71. The standard InChI is InChI=1S/C19H19NO3S/c1-11(21)16-12(2)23-19(18(22)15-4-3-9-24-15)17(16)14-7-5-13(10-20)6-8-14/h3-9,17,19H,10,20H2,1-2H3/t17-,19-/m1/s1. The lowest BCUT2D eigenvalue weighted by Crippen LogP contribution is -2.28. The lowest BCUT2D eigenvalue weighted by molar-refractivity contribution is -0.113. The van der Waals surface area contributed by atoms with E-state index in [2.05, 4.69) is 0 Å². The first kappa shape index (κ1) is 16.6. The van der Waals surface area contributed by atoms with Crippen molar-refractivity contribution < 1.29 is 14.3 Å². The number of hydrogen-bond acceptors (Lipinski definition) is 5. The van der Waals surface area contributed by atoms with Crippen LogP contribution in [0.3, 0.4) is 0 Å². The molecule has 0 unspecified atom stereocenters. The first-order valence-electron chi connectivity index (χ1n) is 7.78. The molecule has 124 valence electrons. The summed E-state index contributed by atoms with van der Waals surface area (Å²) >= 11 is 1.38. The minimum atomic E-state index is -0.703. The highest BCUT2D eigenvalue weighted by molar-refractivity contribution is 7.12. The number of thiophene rings is 1. The highest BCUT2D eigenvalue weighted by Gasteiger charge is 2.43. The van der Waals surface area contributed by atoms with E-state index in [1.807, 2.05) is 35.7 Å². The molecule has 2 aromatic rings.